The van der Waals surface area contributed by atoms with Crippen LogP contribution < -0.4 is 5.32 Å². The minimum absolute atomic E-state index is 0.0434. The Morgan fingerprint density at radius 1 is 1.33 bits per heavy atom. The Morgan fingerprint density at radius 3 is 2.78 bits per heavy atom. The maximum atomic E-state index is 12.2. The molecule has 3 nitrogen and oxygen atoms in total. The number of aryl methyl sites for hydroxylation is 1. The van der Waals surface area contributed by atoms with E-state index in [1.165, 1.54) is 0 Å². The third-order valence-corrected chi connectivity index (χ3v) is 3.01. The number of hydrogen-bond acceptors (Lipinski definition) is 2. The van der Waals surface area contributed by atoms with Gasteiger partial charge in [-0.2, -0.15) is 0 Å². The normalized spacial score (nSPS) is 11.1. The molecule has 0 aliphatic heterocycles. The van der Waals surface area contributed by atoms with Crippen LogP contribution in [0, 0.1) is 12.8 Å². The number of amides is 1. The van der Waals surface area contributed by atoms with Crippen molar-refractivity contribution in [3.8, 4) is 0 Å². The van der Waals surface area contributed by atoms with Gasteiger partial charge >= 0.3 is 0 Å². The first-order valence-corrected chi connectivity index (χ1v) is 6.36. The fourth-order valence-electron chi connectivity index (χ4n) is 2.01. The summed E-state index contributed by atoms with van der Waals surface area (Å²) < 4.78 is 5.59. The van der Waals surface area contributed by atoms with Crippen LogP contribution in [-0.2, 0) is 0 Å². The Kier molecular flexibility index (Phi) is 3.70. The van der Waals surface area contributed by atoms with Crippen LogP contribution >= 0.6 is 0 Å². The standard InChI is InChI=1S/C15H19NO2/c1-10(2)8-9-16-15(17)14-11(3)18-13-7-5-4-6-12(13)14/h4-7,10H,8-9H2,1-3H3,(H,16,17). The number of hydrogen-bond donors (Lipinski definition) is 1. The molecule has 18 heavy (non-hydrogen) atoms. The summed E-state index contributed by atoms with van der Waals surface area (Å²) in [6.45, 7) is 6.82. The van der Waals surface area contributed by atoms with E-state index in [0.717, 1.165) is 17.4 Å². The highest BCUT2D eigenvalue weighted by Crippen LogP contribution is 2.24. The zero-order valence-corrected chi connectivity index (χ0v) is 11.1. The van der Waals surface area contributed by atoms with Crippen LogP contribution in [0.4, 0.5) is 0 Å². The van der Waals surface area contributed by atoms with Crippen molar-refractivity contribution in [1.29, 1.82) is 0 Å². The van der Waals surface area contributed by atoms with Crippen LogP contribution in [0.3, 0.4) is 0 Å². The first kappa shape index (κ1) is 12.7. The highest BCUT2D eigenvalue weighted by atomic mass is 16.3. The number of carbonyl (C=O) groups excluding carboxylic acids is 1. The number of nitrogens with one attached hydrogen (secondary N) is 1. The second-order valence-electron chi connectivity index (χ2n) is 4.97. The van der Waals surface area contributed by atoms with Crippen molar-refractivity contribution in [2.75, 3.05) is 6.54 Å². The first-order valence-electron chi connectivity index (χ1n) is 6.36. The minimum atomic E-state index is -0.0434. The van der Waals surface area contributed by atoms with E-state index in [4.69, 9.17) is 4.42 Å². The van der Waals surface area contributed by atoms with E-state index in [1.54, 1.807) is 0 Å². The Bertz CT molecular complexity index is 555. The summed E-state index contributed by atoms with van der Waals surface area (Å²) in [5.74, 6) is 1.23. The monoisotopic (exact) mass is 245 g/mol. The van der Waals surface area contributed by atoms with Gasteiger partial charge in [0.05, 0.1) is 5.56 Å². The summed E-state index contributed by atoms with van der Waals surface area (Å²) in [5.41, 5.74) is 1.43. The van der Waals surface area contributed by atoms with Crippen molar-refractivity contribution in [3.63, 3.8) is 0 Å². The van der Waals surface area contributed by atoms with E-state index < -0.39 is 0 Å². The van der Waals surface area contributed by atoms with Gasteiger partial charge in [-0.05, 0) is 25.3 Å². The molecule has 1 aromatic heterocycles. The molecule has 0 aliphatic carbocycles. The van der Waals surface area contributed by atoms with Gasteiger partial charge in [0, 0.05) is 11.9 Å². The summed E-state index contributed by atoms with van der Waals surface area (Å²) >= 11 is 0. The minimum Gasteiger partial charge on any atom is -0.461 e. The molecule has 3 heteroatoms. The third kappa shape index (κ3) is 2.55. The maximum absolute atomic E-state index is 12.2. The zero-order chi connectivity index (χ0) is 13.1. The number of carbonyl (C=O) groups is 1. The smallest absolute Gasteiger partial charge is 0.255 e. The van der Waals surface area contributed by atoms with Crippen LogP contribution in [0.1, 0.15) is 36.4 Å². The van der Waals surface area contributed by atoms with Crippen molar-refractivity contribution < 1.29 is 9.21 Å². The van der Waals surface area contributed by atoms with Gasteiger partial charge in [-0.3, -0.25) is 4.79 Å². The molecule has 1 amide bonds. The van der Waals surface area contributed by atoms with E-state index in [0.29, 0.717) is 23.8 Å². The average molecular weight is 245 g/mol. The summed E-state index contributed by atoms with van der Waals surface area (Å²) in [6.07, 6.45) is 0.987. The van der Waals surface area contributed by atoms with E-state index in [-0.39, 0.29) is 5.91 Å². The molecular weight excluding hydrogens is 226 g/mol. The Hall–Kier alpha value is -1.77. The molecule has 0 radical (unpaired) electrons. The SMILES string of the molecule is Cc1oc2ccccc2c1C(=O)NCCC(C)C. The molecule has 96 valence electrons. The van der Waals surface area contributed by atoms with Gasteiger partial charge in [-0.1, -0.05) is 32.0 Å². The summed E-state index contributed by atoms with van der Waals surface area (Å²) in [4.78, 5) is 12.2. The van der Waals surface area contributed by atoms with E-state index >= 15 is 0 Å². The number of para-hydroxylation sites is 1. The van der Waals surface area contributed by atoms with Gasteiger partial charge in [0.25, 0.3) is 5.91 Å². The number of benzene rings is 1. The van der Waals surface area contributed by atoms with E-state index in [9.17, 15) is 4.79 Å². The molecule has 0 spiro atoms. The van der Waals surface area contributed by atoms with Crippen molar-refractivity contribution in [2.45, 2.75) is 27.2 Å². The van der Waals surface area contributed by atoms with Crippen molar-refractivity contribution in [3.05, 3.63) is 35.6 Å². The fraction of sp³-hybridized carbons (Fsp3) is 0.400. The molecule has 2 rings (SSSR count). The predicted octanol–water partition coefficient (Wildman–Crippen LogP) is 3.52. The lowest BCUT2D eigenvalue weighted by Crippen LogP contribution is -2.25. The summed E-state index contributed by atoms with van der Waals surface area (Å²) in [7, 11) is 0. The van der Waals surface area contributed by atoms with Gasteiger partial charge in [0.15, 0.2) is 0 Å². The molecule has 0 fully saturated rings. The van der Waals surface area contributed by atoms with Gasteiger partial charge in [0.2, 0.25) is 0 Å². The van der Waals surface area contributed by atoms with Crippen LogP contribution in [0.25, 0.3) is 11.0 Å². The third-order valence-electron chi connectivity index (χ3n) is 3.01. The second-order valence-corrected chi connectivity index (χ2v) is 4.97. The lowest BCUT2D eigenvalue weighted by Gasteiger charge is -2.06. The Labute approximate surface area is 107 Å². The van der Waals surface area contributed by atoms with Crippen molar-refractivity contribution in [2.24, 2.45) is 5.92 Å². The van der Waals surface area contributed by atoms with Gasteiger partial charge in [-0.25, -0.2) is 0 Å². The zero-order valence-electron chi connectivity index (χ0n) is 11.1. The molecule has 0 saturated heterocycles. The molecule has 0 bridgehead atoms. The van der Waals surface area contributed by atoms with Crippen LogP contribution in [0.2, 0.25) is 0 Å². The van der Waals surface area contributed by atoms with E-state index in [2.05, 4.69) is 19.2 Å². The van der Waals surface area contributed by atoms with Gasteiger partial charge in [0.1, 0.15) is 11.3 Å². The van der Waals surface area contributed by atoms with E-state index in [1.807, 2.05) is 31.2 Å². The van der Waals surface area contributed by atoms with Crippen LogP contribution in [0.5, 0.6) is 0 Å². The molecule has 0 aliphatic rings. The topological polar surface area (TPSA) is 42.2 Å². The van der Waals surface area contributed by atoms with Gasteiger partial charge < -0.3 is 9.73 Å². The molecule has 1 heterocycles. The van der Waals surface area contributed by atoms with Crippen LogP contribution in [0.15, 0.2) is 28.7 Å². The molecule has 1 aromatic carbocycles. The number of fused-ring (bicyclic) bond motifs is 1. The molecule has 0 atom stereocenters. The molecule has 0 unspecified atom stereocenters. The Morgan fingerprint density at radius 2 is 2.06 bits per heavy atom. The largest absolute Gasteiger partial charge is 0.461 e. The lowest BCUT2D eigenvalue weighted by atomic mass is 10.1. The first-order chi connectivity index (χ1) is 8.59. The average Bonchev–Trinajstić information content (AvgIpc) is 2.64. The molecule has 1 N–H and O–H groups in total. The highest BCUT2D eigenvalue weighted by molar-refractivity contribution is 6.07. The molecule has 0 saturated carbocycles. The van der Waals surface area contributed by atoms with Crippen molar-refractivity contribution >= 4 is 16.9 Å². The second kappa shape index (κ2) is 5.25. The van der Waals surface area contributed by atoms with Crippen LogP contribution in [-0.4, -0.2) is 12.5 Å². The fourth-order valence-corrected chi connectivity index (χ4v) is 2.01. The van der Waals surface area contributed by atoms with Gasteiger partial charge in [-0.15, -0.1) is 0 Å². The highest BCUT2D eigenvalue weighted by Gasteiger charge is 2.17. The molecular formula is C15H19NO2. The van der Waals surface area contributed by atoms with Crippen molar-refractivity contribution in [1.82, 2.24) is 5.32 Å². The number of furan rings is 1. The molecule has 2 aromatic rings. The summed E-state index contributed by atoms with van der Waals surface area (Å²) in [5, 5.41) is 3.84. The predicted molar refractivity (Wildman–Crippen MR) is 72.7 cm³/mol. The summed E-state index contributed by atoms with van der Waals surface area (Å²) in [6, 6.07) is 7.63. The Balaban J connectivity index is 2.19. The maximum Gasteiger partial charge on any atom is 0.255 e. The lowest BCUT2D eigenvalue weighted by molar-refractivity contribution is 0.0952. The number of rotatable bonds is 4. The quantitative estimate of drug-likeness (QED) is 0.895.